The Kier molecular flexibility index (Phi) is 16.5. The van der Waals surface area contributed by atoms with Gasteiger partial charge in [-0.05, 0) is 90.3 Å². The number of carboxylic acids is 2. The van der Waals surface area contributed by atoms with E-state index in [1.54, 1.807) is 48.6 Å². The highest BCUT2D eigenvalue weighted by Crippen LogP contribution is 2.56. The molecule has 4 aromatic carbocycles. The van der Waals surface area contributed by atoms with Crippen LogP contribution in [0.25, 0.3) is 11.1 Å². The van der Waals surface area contributed by atoms with E-state index in [9.17, 15) is 44.1 Å². The lowest BCUT2D eigenvalue weighted by Gasteiger charge is -2.34. The van der Waals surface area contributed by atoms with Crippen molar-refractivity contribution >= 4 is 35.9 Å². The van der Waals surface area contributed by atoms with E-state index in [1.807, 2.05) is 48.5 Å². The summed E-state index contributed by atoms with van der Waals surface area (Å²) in [6.07, 6.45) is 4.58. The van der Waals surface area contributed by atoms with Gasteiger partial charge >= 0.3 is 35.9 Å². The van der Waals surface area contributed by atoms with E-state index >= 15 is 0 Å². The van der Waals surface area contributed by atoms with Crippen LogP contribution in [-0.2, 0) is 48.3 Å². The quantitative estimate of drug-likeness (QED) is 0.0195. The van der Waals surface area contributed by atoms with Crippen LogP contribution in [0.5, 0.6) is 11.5 Å². The van der Waals surface area contributed by atoms with Crippen molar-refractivity contribution in [2.75, 3.05) is 39.6 Å². The molecule has 0 spiro atoms. The topological polar surface area (TPSA) is 231 Å². The van der Waals surface area contributed by atoms with Gasteiger partial charge < -0.3 is 49.1 Å². The third-order valence-corrected chi connectivity index (χ3v) is 12.6. The van der Waals surface area contributed by atoms with E-state index in [4.69, 9.17) is 28.4 Å². The van der Waals surface area contributed by atoms with Crippen LogP contribution >= 0.6 is 0 Å². The van der Waals surface area contributed by atoms with Gasteiger partial charge in [0.05, 0.1) is 35.6 Å². The Morgan fingerprint density at radius 1 is 0.614 bits per heavy atom. The number of rotatable bonds is 21. The maximum absolute atomic E-state index is 13.2. The Hall–Kier alpha value is -7.72. The predicted molar refractivity (Wildman–Crippen MR) is 253 cm³/mol. The van der Waals surface area contributed by atoms with Crippen LogP contribution in [0.4, 0.5) is 4.79 Å². The summed E-state index contributed by atoms with van der Waals surface area (Å²) in [4.78, 5) is 74.1. The number of alkyl carbamates (subject to hydrolysis) is 1. The van der Waals surface area contributed by atoms with E-state index in [2.05, 4.69) is 36.2 Å². The molecule has 0 heterocycles. The summed E-state index contributed by atoms with van der Waals surface area (Å²) < 4.78 is 33.5. The van der Waals surface area contributed by atoms with Gasteiger partial charge in [-0.2, -0.15) is 0 Å². The second kappa shape index (κ2) is 23.1. The van der Waals surface area contributed by atoms with Gasteiger partial charge in [0.1, 0.15) is 50.6 Å². The van der Waals surface area contributed by atoms with Gasteiger partial charge in [-0.3, -0.25) is 19.2 Å². The number of nitrogens with one attached hydrogen (secondary N) is 1. The number of carbonyl (C=O) groups excluding carboxylic acids is 4. The normalized spacial score (nSPS) is 19.2. The number of aliphatic carboxylic acids is 2. The minimum Gasteiger partial charge on any atom is -0.491 e. The zero-order valence-electron chi connectivity index (χ0n) is 38.5. The van der Waals surface area contributed by atoms with Crippen LogP contribution in [0, 0.1) is 23.7 Å². The summed E-state index contributed by atoms with van der Waals surface area (Å²) in [5, 5.41) is 32.4. The van der Waals surface area contributed by atoms with Crippen LogP contribution in [0.15, 0.2) is 134 Å². The molecule has 4 N–H and O–H groups in total. The summed E-state index contributed by atoms with van der Waals surface area (Å²) in [7, 11) is 0. The van der Waals surface area contributed by atoms with E-state index in [-0.39, 0.29) is 64.2 Å². The van der Waals surface area contributed by atoms with Crippen LogP contribution < -0.4 is 14.8 Å². The molecule has 70 heavy (non-hydrogen) atoms. The van der Waals surface area contributed by atoms with E-state index in [0.29, 0.717) is 11.5 Å². The highest BCUT2D eigenvalue weighted by molar-refractivity contribution is 5.87. The second-order valence-electron chi connectivity index (χ2n) is 17.3. The predicted octanol–water partition coefficient (Wildman–Crippen LogP) is 6.80. The van der Waals surface area contributed by atoms with Gasteiger partial charge in [0, 0.05) is 5.57 Å². The number of aliphatic hydroxyl groups excluding tert-OH is 1. The zero-order valence-corrected chi connectivity index (χ0v) is 38.5. The number of allylic oxidation sites excluding steroid dienone is 4. The minimum atomic E-state index is -1.17. The Morgan fingerprint density at radius 3 is 1.56 bits per heavy atom. The number of hydrogen-bond donors (Lipinski definition) is 4. The molecule has 0 aromatic heterocycles. The molecule has 7 rings (SSSR count). The first kappa shape index (κ1) is 50.2. The first-order valence-electron chi connectivity index (χ1n) is 23.0. The average molecular weight is 958 g/mol. The van der Waals surface area contributed by atoms with Crippen molar-refractivity contribution in [1.29, 1.82) is 0 Å². The lowest BCUT2D eigenvalue weighted by atomic mass is 9.68. The molecule has 16 heteroatoms. The number of hydrogen-bond acceptors (Lipinski definition) is 13. The monoisotopic (exact) mass is 957 g/mol. The number of amides is 1. The molecule has 3 aliphatic carbocycles. The fraction of sp³-hybridized carbons (Fsp3) is 0.333. The van der Waals surface area contributed by atoms with Gasteiger partial charge in [0.15, 0.2) is 6.10 Å². The fourth-order valence-electron chi connectivity index (χ4n) is 9.05. The number of ether oxygens (including phenoxy) is 6. The molecule has 0 bridgehead atoms. The number of carboxylic acid groups (broad SMARTS) is 2. The summed E-state index contributed by atoms with van der Waals surface area (Å²) >= 11 is 0. The average Bonchev–Trinajstić information content (AvgIpc) is 3.68. The van der Waals surface area contributed by atoms with E-state index in [0.717, 1.165) is 33.4 Å². The van der Waals surface area contributed by atoms with E-state index < -0.39 is 83.8 Å². The van der Waals surface area contributed by atoms with Crippen molar-refractivity contribution in [3.63, 3.8) is 0 Å². The second-order valence-corrected chi connectivity index (χ2v) is 17.3. The number of carbonyl (C=O) groups is 6. The Morgan fingerprint density at radius 2 is 1.07 bits per heavy atom. The summed E-state index contributed by atoms with van der Waals surface area (Å²) in [5.74, 6) is -6.97. The lowest BCUT2D eigenvalue weighted by molar-refractivity contribution is -0.160. The molecule has 0 saturated heterocycles. The smallest absolute Gasteiger partial charge is 0.407 e. The highest BCUT2D eigenvalue weighted by atomic mass is 16.6. The summed E-state index contributed by atoms with van der Waals surface area (Å²) in [5.41, 5.74) is 5.34. The molecule has 16 nitrogen and oxygen atoms in total. The van der Waals surface area contributed by atoms with Crippen molar-refractivity contribution in [2.45, 2.75) is 50.2 Å². The zero-order chi connectivity index (χ0) is 49.8. The Labute approximate surface area is 404 Å². The molecule has 0 aliphatic heterocycles. The first-order valence-corrected chi connectivity index (χ1v) is 23.0. The molecule has 3 aliphatic rings. The van der Waals surface area contributed by atoms with Gasteiger partial charge in [0.2, 0.25) is 0 Å². The van der Waals surface area contributed by atoms with Crippen molar-refractivity contribution < 1.29 is 72.5 Å². The molecule has 0 radical (unpaired) electrons. The minimum absolute atomic E-state index is 0.0786. The maximum atomic E-state index is 13.2. The van der Waals surface area contributed by atoms with Crippen molar-refractivity contribution in [3.05, 3.63) is 156 Å². The molecule has 6 unspecified atom stereocenters. The molecular weight excluding hydrogens is 903 g/mol. The van der Waals surface area contributed by atoms with Gasteiger partial charge in [0.25, 0.3) is 0 Å². The Bertz CT molecular complexity index is 2570. The molecule has 0 saturated carbocycles. The van der Waals surface area contributed by atoms with E-state index in [1.165, 1.54) is 6.92 Å². The third-order valence-electron chi connectivity index (χ3n) is 12.6. The molecule has 0 fully saturated rings. The van der Waals surface area contributed by atoms with Gasteiger partial charge in [-0.15, -0.1) is 0 Å². The number of esters is 3. The standard InChI is InChI=1S/C54H55NO15/c1-33(2)50(61)65-28-27-55-53(64)70-39(32-69-52(63)45-16-6-4-14-43(45)49(59)60)31-67-38-25-21-35(22-26-38)54(46-17-9-7-11-40(46)41-12-8-10-18-47(41)54)34-19-23-37(24-20-34)66-29-36(56)30-68-51(62)44-15-5-3-13-42(44)48(57)58/h3-12,17-26,36,39,42-45,56H,1,13-16,27-32H2,2H3,(H,55,64)(H,57,58)(H,59,60). The van der Waals surface area contributed by atoms with Crippen LogP contribution in [0.1, 0.15) is 54.9 Å². The van der Waals surface area contributed by atoms with Crippen LogP contribution in [-0.4, -0.2) is 103 Å². The largest absolute Gasteiger partial charge is 0.491 e. The van der Waals surface area contributed by atoms with Crippen LogP contribution in [0.2, 0.25) is 0 Å². The highest BCUT2D eigenvalue weighted by Gasteiger charge is 2.46. The number of aliphatic hydroxyl groups is 1. The number of benzene rings is 4. The summed E-state index contributed by atoms with van der Waals surface area (Å²) in [6, 6.07) is 31.2. The molecule has 4 aromatic rings. The van der Waals surface area contributed by atoms with Gasteiger partial charge in [-0.25, -0.2) is 9.59 Å². The molecule has 1 amide bonds. The summed E-state index contributed by atoms with van der Waals surface area (Å²) in [6.45, 7) is 3.55. The van der Waals surface area contributed by atoms with Crippen molar-refractivity contribution in [2.24, 2.45) is 23.7 Å². The lowest BCUT2D eigenvalue weighted by Crippen LogP contribution is -2.38. The molecule has 6 atom stereocenters. The molecular formula is C54H55NO15. The molecule has 366 valence electrons. The maximum Gasteiger partial charge on any atom is 0.407 e. The number of fused-ring (bicyclic) bond motifs is 3. The van der Waals surface area contributed by atoms with Crippen LogP contribution in [0.3, 0.4) is 0 Å². The third kappa shape index (κ3) is 11.6. The SMILES string of the molecule is C=C(C)C(=O)OCCNC(=O)OC(COC(=O)C1CC=CCC1C(=O)O)COc1ccc(C2(c3ccc(OCC(O)COC(=O)C4CC=CCC4C(=O)O)cc3)c3ccccc3-c3ccccc32)cc1. The fourth-order valence-corrected chi connectivity index (χ4v) is 9.05. The van der Waals surface area contributed by atoms with Crippen molar-refractivity contribution in [3.8, 4) is 22.6 Å². The Balaban J connectivity index is 1.06. The first-order chi connectivity index (χ1) is 33.8. The van der Waals surface area contributed by atoms with Crippen molar-refractivity contribution in [1.82, 2.24) is 5.32 Å². The van der Waals surface area contributed by atoms with Gasteiger partial charge in [-0.1, -0.05) is 104 Å².